The van der Waals surface area contributed by atoms with Gasteiger partial charge in [-0.25, -0.2) is 0 Å². The minimum atomic E-state index is -0.218. The molecule has 0 heterocycles. The molecule has 1 aromatic rings. The van der Waals surface area contributed by atoms with E-state index in [1.807, 2.05) is 6.07 Å². The third-order valence-electron chi connectivity index (χ3n) is 2.18. The Hall–Kier alpha value is -0.820. The van der Waals surface area contributed by atoms with Crippen LogP contribution >= 0.6 is 11.6 Å². The van der Waals surface area contributed by atoms with Gasteiger partial charge in [-0.15, -0.1) is 0 Å². The van der Waals surface area contributed by atoms with Gasteiger partial charge in [-0.2, -0.15) is 0 Å². The predicted molar refractivity (Wildman–Crippen MR) is 59.5 cm³/mol. The third kappa shape index (κ3) is 5.03. The lowest BCUT2D eigenvalue weighted by Gasteiger charge is -1.99. The number of unbranched alkanes of at least 4 members (excludes halogenated alkanes) is 2. The van der Waals surface area contributed by atoms with E-state index in [-0.39, 0.29) is 5.24 Å². The first kappa shape index (κ1) is 11.3. The Kier molecular flexibility index (Phi) is 5.31. The Balaban J connectivity index is 2.08. The fourth-order valence-corrected chi connectivity index (χ4v) is 1.55. The first-order valence-electron chi connectivity index (χ1n) is 5.01. The summed E-state index contributed by atoms with van der Waals surface area (Å²) in [4.78, 5) is 10.4. The van der Waals surface area contributed by atoms with E-state index in [9.17, 15) is 4.79 Å². The second-order valence-corrected chi connectivity index (χ2v) is 3.82. The molecule has 1 aromatic carbocycles. The van der Waals surface area contributed by atoms with Gasteiger partial charge in [0.1, 0.15) is 0 Å². The van der Waals surface area contributed by atoms with Crippen molar-refractivity contribution in [3.63, 3.8) is 0 Å². The van der Waals surface area contributed by atoms with E-state index < -0.39 is 0 Å². The summed E-state index contributed by atoms with van der Waals surface area (Å²) in [6, 6.07) is 10.4. The minimum Gasteiger partial charge on any atom is -0.281 e. The van der Waals surface area contributed by atoms with Crippen LogP contribution in [0.15, 0.2) is 30.3 Å². The van der Waals surface area contributed by atoms with E-state index in [1.54, 1.807) is 0 Å². The normalized spacial score (nSPS) is 10.1. The molecule has 0 bridgehead atoms. The Morgan fingerprint density at radius 3 is 2.43 bits per heavy atom. The molecule has 0 saturated carbocycles. The van der Waals surface area contributed by atoms with Crippen molar-refractivity contribution in [3.05, 3.63) is 35.9 Å². The first-order chi connectivity index (χ1) is 6.79. The maximum atomic E-state index is 10.4. The second-order valence-electron chi connectivity index (χ2n) is 3.40. The topological polar surface area (TPSA) is 17.1 Å². The lowest BCUT2D eigenvalue weighted by atomic mass is 10.1. The van der Waals surface area contributed by atoms with E-state index in [1.165, 1.54) is 5.56 Å². The maximum Gasteiger partial charge on any atom is 0.221 e. The second kappa shape index (κ2) is 6.61. The average Bonchev–Trinajstić information content (AvgIpc) is 2.18. The van der Waals surface area contributed by atoms with Crippen LogP contribution in [0.5, 0.6) is 0 Å². The fourth-order valence-electron chi connectivity index (χ4n) is 1.41. The molecule has 76 valence electrons. The van der Waals surface area contributed by atoms with Crippen molar-refractivity contribution < 1.29 is 4.79 Å². The fraction of sp³-hybridized carbons (Fsp3) is 0.417. The molecule has 0 aliphatic carbocycles. The highest BCUT2D eigenvalue weighted by molar-refractivity contribution is 6.63. The molecule has 14 heavy (non-hydrogen) atoms. The number of hydrogen-bond donors (Lipinski definition) is 0. The van der Waals surface area contributed by atoms with Crippen molar-refractivity contribution in [2.75, 3.05) is 0 Å². The van der Waals surface area contributed by atoms with Crippen LogP contribution in [0.3, 0.4) is 0 Å². The van der Waals surface area contributed by atoms with E-state index in [0.717, 1.165) is 25.7 Å². The van der Waals surface area contributed by atoms with Crippen LogP contribution in [-0.2, 0) is 11.2 Å². The van der Waals surface area contributed by atoms with Gasteiger partial charge < -0.3 is 0 Å². The summed E-state index contributed by atoms with van der Waals surface area (Å²) in [5.74, 6) is 0. The number of carbonyl (C=O) groups is 1. The van der Waals surface area contributed by atoms with Crippen molar-refractivity contribution >= 4 is 16.8 Å². The Labute approximate surface area is 90.1 Å². The summed E-state index contributed by atoms with van der Waals surface area (Å²) in [5.41, 5.74) is 1.37. The van der Waals surface area contributed by atoms with Crippen LogP contribution in [0.2, 0.25) is 0 Å². The zero-order valence-electron chi connectivity index (χ0n) is 8.21. The van der Waals surface area contributed by atoms with Gasteiger partial charge in [0.25, 0.3) is 0 Å². The number of halogens is 1. The highest BCUT2D eigenvalue weighted by Gasteiger charge is 1.96. The Bertz CT molecular complexity index is 269. The van der Waals surface area contributed by atoms with Gasteiger partial charge in [-0.3, -0.25) is 4.79 Å². The monoisotopic (exact) mass is 210 g/mol. The summed E-state index contributed by atoms with van der Waals surface area (Å²) in [6.45, 7) is 0. The molecule has 0 N–H and O–H groups in total. The molecule has 0 spiro atoms. The summed E-state index contributed by atoms with van der Waals surface area (Å²) in [5, 5.41) is -0.218. The first-order valence-corrected chi connectivity index (χ1v) is 5.39. The number of hydrogen-bond acceptors (Lipinski definition) is 1. The summed E-state index contributed by atoms with van der Waals surface area (Å²) < 4.78 is 0. The Morgan fingerprint density at radius 2 is 1.79 bits per heavy atom. The largest absolute Gasteiger partial charge is 0.281 e. The number of aryl methyl sites for hydroxylation is 1. The number of benzene rings is 1. The number of carbonyl (C=O) groups excluding carboxylic acids is 1. The highest BCUT2D eigenvalue weighted by atomic mass is 35.5. The molecule has 0 fully saturated rings. The minimum absolute atomic E-state index is 0.218. The van der Waals surface area contributed by atoms with Crippen molar-refractivity contribution in [3.8, 4) is 0 Å². The molecule has 0 saturated heterocycles. The highest BCUT2D eigenvalue weighted by Crippen LogP contribution is 2.08. The van der Waals surface area contributed by atoms with Gasteiger partial charge in [0.2, 0.25) is 5.24 Å². The molecule has 2 heteroatoms. The molecule has 0 aliphatic rings. The van der Waals surface area contributed by atoms with E-state index in [0.29, 0.717) is 6.42 Å². The molecule has 0 unspecified atom stereocenters. The van der Waals surface area contributed by atoms with Crippen LogP contribution in [0.1, 0.15) is 31.2 Å². The summed E-state index contributed by atoms with van der Waals surface area (Å²) in [7, 11) is 0. The maximum absolute atomic E-state index is 10.4. The average molecular weight is 211 g/mol. The lowest BCUT2D eigenvalue weighted by molar-refractivity contribution is -0.111. The number of rotatable bonds is 6. The standard InChI is InChI=1S/C12H15ClO/c13-12(14)10-6-2-5-9-11-7-3-1-4-8-11/h1,3-4,7-8H,2,5-6,9-10H2. The zero-order chi connectivity index (χ0) is 10.2. The van der Waals surface area contributed by atoms with Gasteiger partial charge in [0, 0.05) is 6.42 Å². The lowest BCUT2D eigenvalue weighted by Crippen LogP contribution is -1.88. The van der Waals surface area contributed by atoms with Crippen LogP contribution < -0.4 is 0 Å². The van der Waals surface area contributed by atoms with Crippen molar-refractivity contribution in [2.45, 2.75) is 32.1 Å². The van der Waals surface area contributed by atoms with Crippen molar-refractivity contribution in [1.29, 1.82) is 0 Å². The smallest absolute Gasteiger partial charge is 0.221 e. The van der Waals surface area contributed by atoms with Gasteiger partial charge in [-0.05, 0) is 36.4 Å². The van der Waals surface area contributed by atoms with Crippen LogP contribution in [0, 0.1) is 0 Å². The third-order valence-corrected chi connectivity index (χ3v) is 2.37. The van der Waals surface area contributed by atoms with Crippen molar-refractivity contribution in [1.82, 2.24) is 0 Å². The van der Waals surface area contributed by atoms with Crippen molar-refractivity contribution in [2.24, 2.45) is 0 Å². The van der Waals surface area contributed by atoms with Crippen LogP contribution in [0.25, 0.3) is 0 Å². The SMILES string of the molecule is O=C(Cl)CCCCCc1ccccc1. The molecular weight excluding hydrogens is 196 g/mol. The summed E-state index contributed by atoms with van der Waals surface area (Å²) in [6.07, 6.45) is 4.73. The molecule has 0 atom stereocenters. The van der Waals surface area contributed by atoms with Gasteiger partial charge in [0.15, 0.2) is 0 Å². The van der Waals surface area contributed by atoms with E-state index >= 15 is 0 Å². The molecule has 0 radical (unpaired) electrons. The summed E-state index contributed by atoms with van der Waals surface area (Å²) >= 11 is 5.23. The van der Waals surface area contributed by atoms with Gasteiger partial charge in [0.05, 0.1) is 0 Å². The molecule has 1 rings (SSSR count). The van der Waals surface area contributed by atoms with E-state index in [2.05, 4.69) is 24.3 Å². The quantitative estimate of drug-likeness (QED) is 0.519. The molecule has 1 nitrogen and oxygen atoms in total. The van der Waals surface area contributed by atoms with Crippen LogP contribution in [-0.4, -0.2) is 5.24 Å². The molecule has 0 aromatic heterocycles. The molecule has 0 amide bonds. The van der Waals surface area contributed by atoms with Gasteiger partial charge >= 0.3 is 0 Å². The zero-order valence-corrected chi connectivity index (χ0v) is 8.96. The van der Waals surface area contributed by atoms with Gasteiger partial charge in [-0.1, -0.05) is 36.8 Å². The predicted octanol–water partition coefficient (Wildman–Crippen LogP) is 3.55. The van der Waals surface area contributed by atoms with Crippen LogP contribution in [0.4, 0.5) is 0 Å². The van der Waals surface area contributed by atoms with E-state index in [4.69, 9.17) is 11.6 Å². The Morgan fingerprint density at radius 1 is 1.07 bits per heavy atom. The molecule has 0 aliphatic heterocycles. The molecular formula is C12H15ClO.